The van der Waals surface area contributed by atoms with Gasteiger partial charge in [-0.15, -0.1) is 0 Å². The van der Waals surface area contributed by atoms with Crippen LogP contribution in [0.1, 0.15) is 41.5 Å². The van der Waals surface area contributed by atoms with Gasteiger partial charge in [0.25, 0.3) is 0 Å². The van der Waals surface area contributed by atoms with Crippen LogP contribution in [0, 0.1) is 15.3 Å². The van der Waals surface area contributed by atoms with Crippen LogP contribution in [0.4, 0.5) is 0 Å². The van der Waals surface area contributed by atoms with Crippen molar-refractivity contribution in [2.45, 2.75) is 54.9 Å². The van der Waals surface area contributed by atoms with Gasteiger partial charge in [0.05, 0.1) is 0 Å². The first-order valence-electron chi connectivity index (χ1n) is 5.43. The molecule has 0 aromatic heterocycles. The Morgan fingerprint density at radius 2 is 1.31 bits per heavy atom. The van der Waals surface area contributed by atoms with Crippen molar-refractivity contribution in [3.63, 3.8) is 0 Å². The summed E-state index contributed by atoms with van der Waals surface area (Å²) in [5.41, 5.74) is 0.196. The molecule has 0 rings (SSSR count). The zero-order chi connectivity index (χ0) is 10.5. The molecule has 0 spiro atoms. The van der Waals surface area contributed by atoms with Crippen LogP contribution in [0.2, 0.25) is 13.3 Å². The average molecular weight is 287 g/mol. The summed E-state index contributed by atoms with van der Waals surface area (Å²) < 4.78 is 7.82. The Labute approximate surface area is 88.4 Å². The zero-order valence-electron chi connectivity index (χ0n) is 10.1. The van der Waals surface area contributed by atoms with E-state index >= 15 is 0 Å². The summed E-state index contributed by atoms with van der Waals surface area (Å²) in [5.74, 6) is 3.46. The second-order valence-corrected chi connectivity index (χ2v) is 18.9. The van der Waals surface area contributed by atoms with Gasteiger partial charge in [0.15, 0.2) is 0 Å². The van der Waals surface area contributed by atoms with E-state index in [4.69, 9.17) is 0 Å². The van der Waals surface area contributed by atoms with Crippen molar-refractivity contribution in [3.8, 4) is 9.86 Å². The van der Waals surface area contributed by atoms with Gasteiger partial charge in [-0.3, -0.25) is 0 Å². The van der Waals surface area contributed by atoms with Gasteiger partial charge < -0.3 is 0 Å². The van der Waals surface area contributed by atoms with Crippen molar-refractivity contribution in [1.82, 2.24) is 0 Å². The molecule has 0 aliphatic heterocycles. The Hall–Kier alpha value is 0.359. The first-order chi connectivity index (χ1) is 5.89. The van der Waals surface area contributed by atoms with Crippen LogP contribution in [0.5, 0.6) is 0 Å². The van der Waals surface area contributed by atoms with Crippen LogP contribution in [0.3, 0.4) is 0 Å². The molecular weight excluding hydrogens is 263 g/mol. The molecule has 0 aliphatic rings. The van der Waals surface area contributed by atoms with Crippen LogP contribution in [-0.2, 0) is 0 Å². The van der Waals surface area contributed by atoms with Crippen LogP contribution in [-0.4, -0.2) is 18.4 Å². The summed E-state index contributed by atoms with van der Waals surface area (Å²) in [7, 11) is 0. The Morgan fingerprint density at radius 3 is 1.54 bits per heavy atom. The van der Waals surface area contributed by atoms with Gasteiger partial charge in [0, 0.05) is 0 Å². The van der Waals surface area contributed by atoms with Crippen LogP contribution >= 0.6 is 0 Å². The SMILES string of the molecule is C[CH2][Sn]([C]#CC(C)(C)C)([CH2]C)[CH2]C. The third-order valence-corrected chi connectivity index (χ3v) is 16.2. The number of hydrogen-bond acceptors (Lipinski definition) is 0. The van der Waals surface area contributed by atoms with Crippen molar-refractivity contribution >= 4 is 18.4 Å². The van der Waals surface area contributed by atoms with Crippen molar-refractivity contribution in [2.75, 3.05) is 0 Å². The summed E-state index contributed by atoms with van der Waals surface area (Å²) in [4.78, 5) is 0. The second-order valence-electron chi connectivity index (χ2n) is 4.84. The molecule has 0 fully saturated rings. The summed E-state index contributed by atoms with van der Waals surface area (Å²) >= 11 is -1.94. The zero-order valence-corrected chi connectivity index (χ0v) is 13.0. The summed E-state index contributed by atoms with van der Waals surface area (Å²) in [6.45, 7) is 13.6. The molecule has 76 valence electrons. The standard InChI is InChI=1S/C6H9.3C2H5.Sn/c1-5-6(2,3)4;3*1-2;/h2-4H3;3*1H2,2H3;. The fourth-order valence-electron chi connectivity index (χ4n) is 1.34. The number of rotatable bonds is 3. The minimum absolute atomic E-state index is 0.196. The predicted octanol–water partition coefficient (Wildman–Crippen LogP) is 4.08. The van der Waals surface area contributed by atoms with E-state index in [0.29, 0.717) is 0 Å². The van der Waals surface area contributed by atoms with E-state index in [0.717, 1.165) is 0 Å². The molecule has 0 saturated heterocycles. The fourth-order valence-corrected chi connectivity index (χ4v) is 8.96. The van der Waals surface area contributed by atoms with E-state index in [1.807, 2.05) is 0 Å². The summed E-state index contributed by atoms with van der Waals surface area (Å²) in [5, 5.41) is 0. The van der Waals surface area contributed by atoms with E-state index in [2.05, 4.69) is 51.4 Å². The Kier molecular flexibility index (Phi) is 5.44. The molecule has 1 heteroatoms. The van der Waals surface area contributed by atoms with Crippen LogP contribution < -0.4 is 0 Å². The van der Waals surface area contributed by atoms with Gasteiger partial charge in [-0.05, 0) is 0 Å². The topological polar surface area (TPSA) is 0 Å². The maximum absolute atomic E-state index is 3.68. The fraction of sp³-hybridized carbons (Fsp3) is 0.833. The van der Waals surface area contributed by atoms with Gasteiger partial charge >= 0.3 is 88.5 Å². The quantitative estimate of drug-likeness (QED) is 0.542. The van der Waals surface area contributed by atoms with Gasteiger partial charge in [-0.2, -0.15) is 0 Å². The third-order valence-electron chi connectivity index (χ3n) is 2.73. The molecule has 0 saturated carbocycles. The van der Waals surface area contributed by atoms with Gasteiger partial charge in [-0.25, -0.2) is 0 Å². The molecule has 0 heterocycles. The Bertz CT molecular complexity index is 187. The van der Waals surface area contributed by atoms with Gasteiger partial charge in [-0.1, -0.05) is 0 Å². The predicted molar refractivity (Wildman–Crippen MR) is 64.4 cm³/mol. The molecule has 0 nitrogen and oxygen atoms in total. The first-order valence-corrected chi connectivity index (χ1v) is 12.9. The Balaban J connectivity index is 4.66. The van der Waals surface area contributed by atoms with Crippen molar-refractivity contribution in [1.29, 1.82) is 0 Å². The molecule has 0 N–H and O–H groups in total. The maximum atomic E-state index is 3.68. The van der Waals surface area contributed by atoms with E-state index in [-0.39, 0.29) is 5.41 Å². The van der Waals surface area contributed by atoms with Crippen LogP contribution in [0.25, 0.3) is 0 Å². The molecule has 0 bridgehead atoms. The first kappa shape index (κ1) is 13.4. The van der Waals surface area contributed by atoms with Crippen molar-refractivity contribution in [3.05, 3.63) is 0 Å². The summed E-state index contributed by atoms with van der Waals surface area (Å²) in [6.07, 6.45) is 0. The number of hydrogen-bond donors (Lipinski definition) is 0. The average Bonchev–Trinajstić information content (AvgIpc) is 2.06. The molecule has 13 heavy (non-hydrogen) atoms. The van der Waals surface area contributed by atoms with E-state index in [1.165, 1.54) is 13.3 Å². The molecule has 0 atom stereocenters. The van der Waals surface area contributed by atoms with Crippen molar-refractivity contribution < 1.29 is 0 Å². The molecule has 0 unspecified atom stereocenters. The molecule has 0 aromatic rings. The molecule has 0 aliphatic carbocycles. The van der Waals surface area contributed by atoms with Crippen LogP contribution in [0.15, 0.2) is 0 Å². The monoisotopic (exact) mass is 288 g/mol. The van der Waals surface area contributed by atoms with E-state index < -0.39 is 18.4 Å². The normalized spacial score (nSPS) is 12.2. The summed E-state index contributed by atoms with van der Waals surface area (Å²) in [6, 6.07) is 0. The second kappa shape index (κ2) is 5.29. The van der Waals surface area contributed by atoms with Crippen molar-refractivity contribution in [2.24, 2.45) is 5.41 Å². The van der Waals surface area contributed by atoms with Gasteiger partial charge in [0.2, 0.25) is 0 Å². The van der Waals surface area contributed by atoms with Gasteiger partial charge in [0.1, 0.15) is 0 Å². The minimum atomic E-state index is -1.94. The van der Waals surface area contributed by atoms with E-state index in [1.54, 1.807) is 0 Å². The third kappa shape index (κ3) is 4.96. The van der Waals surface area contributed by atoms with E-state index in [9.17, 15) is 0 Å². The molecule has 0 radical (unpaired) electrons. The Morgan fingerprint density at radius 1 is 0.923 bits per heavy atom. The molecule has 0 aromatic carbocycles. The molecular formula is C12H24Sn. The molecule has 0 amide bonds.